The van der Waals surface area contributed by atoms with Gasteiger partial charge in [-0.2, -0.15) is 0 Å². The maximum atomic E-state index is 11.9. The molecule has 1 rings (SSSR count). The van der Waals surface area contributed by atoms with E-state index in [0.29, 0.717) is 5.56 Å². The van der Waals surface area contributed by atoms with Gasteiger partial charge >= 0.3 is 5.97 Å². The number of carbonyl (C=O) groups is 1. The molecular formula is C14H18N2O4. The number of carbonyl (C=O) groups excluding carboxylic acids is 1. The zero-order valence-corrected chi connectivity index (χ0v) is 11.2. The highest BCUT2D eigenvalue weighted by atomic mass is 16.5. The average molecular weight is 278 g/mol. The van der Waals surface area contributed by atoms with Gasteiger partial charge in [0, 0.05) is 5.56 Å². The van der Waals surface area contributed by atoms with Gasteiger partial charge < -0.3 is 20.7 Å². The molecule has 0 amide bonds. The fourth-order valence-corrected chi connectivity index (χ4v) is 1.52. The standard InChI is InChI=1S/C14H18N2O4/c1-2-20-14(19)11(13(15)16-8-9-17)12(18)10-6-4-3-5-7-10/h3-7,17-18H,2,8-9H2,1H3,(H2,15,16)/b12-11-. The van der Waals surface area contributed by atoms with Crippen molar-refractivity contribution >= 4 is 17.6 Å². The largest absolute Gasteiger partial charge is 0.506 e. The minimum Gasteiger partial charge on any atom is -0.506 e. The van der Waals surface area contributed by atoms with Crippen molar-refractivity contribution in [3.8, 4) is 0 Å². The highest BCUT2D eigenvalue weighted by molar-refractivity contribution is 6.22. The topological polar surface area (TPSA) is 105 Å². The number of aliphatic hydroxyl groups excluding tert-OH is 2. The fraction of sp³-hybridized carbons (Fsp3) is 0.286. The van der Waals surface area contributed by atoms with Crippen LogP contribution in [0.1, 0.15) is 12.5 Å². The number of aliphatic imine (C=N–C) groups is 1. The smallest absolute Gasteiger partial charge is 0.345 e. The van der Waals surface area contributed by atoms with Crippen LogP contribution >= 0.6 is 0 Å². The summed E-state index contributed by atoms with van der Waals surface area (Å²) in [7, 11) is 0. The van der Waals surface area contributed by atoms with Crippen LogP contribution in [0.3, 0.4) is 0 Å². The predicted octanol–water partition coefficient (Wildman–Crippen LogP) is 0.868. The Hall–Kier alpha value is -2.34. The number of ether oxygens (including phenoxy) is 1. The molecule has 1 aromatic rings. The number of amidine groups is 1. The number of rotatable bonds is 6. The van der Waals surface area contributed by atoms with Crippen molar-refractivity contribution in [3.05, 3.63) is 41.5 Å². The normalized spacial score (nSPS) is 12.8. The van der Waals surface area contributed by atoms with Gasteiger partial charge in [0.05, 0.1) is 19.8 Å². The van der Waals surface area contributed by atoms with E-state index in [0.717, 1.165) is 0 Å². The number of nitrogens with zero attached hydrogens (tertiary/aromatic N) is 1. The van der Waals surface area contributed by atoms with Gasteiger partial charge in [-0.25, -0.2) is 4.79 Å². The van der Waals surface area contributed by atoms with Gasteiger partial charge in [0.25, 0.3) is 0 Å². The zero-order chi connectivity index (χ0) is 15.0. The molecule has 1 aromatic carbocycles. The van der Waals surface area contributed by atoms with Crippen molar-refractivity contribution in [3.63, 3.8) is 0 Å². The van der Waals surface area contributed by atoms with Crippen LogP contribution in [0, 0.1) is 0 Å². The van der Waals surface area contributed by atoms with Crippen molar-refractivity contribution in [1.29, 1.82) is 0 Å². The van der Waals surface area contributed by atoms with Gasteiger partial charge in [-0.15, -0.1) is 0 Å². The summed E-state index contributed by atoms with van der Waals surface area (Å²) in [6.07, 6.45) is 0. The third-order valence-corrected chi connectivity index (χ3v) is 2.40. The van der Waals surface area contributed by atoms with Crippen molar-refractivity contribution in [1.82, 2.24) is 0 Å². The highest BCUT2D eigenvalue weighted by Gasteiger charge is 2.21. The molecule has 0 aliphatic carbocycles. The molecule has 20 heavy (non-hydrogen) atoms. The molecule has 0 aliphatic rings. The lowest BCUT2D eigenvalue weighted by Gasteiger charge is -2.10. The molecule has 0 radical (unpaired) electrons. The first-order chi connectivity index (χ1) is 9.61. The van der Waals surface area contributed by atoms with E-state index in [9.17, 15) is 9.90 Å². The summed E-state index contributed by atoms with van der Waals surface area (Å²) in [4.78, 5) is 15.7. The molecule has 4 N–H and O–H groups in total. The van der Waals surface area contributed by atoms with Gasteiger partial charge in [0.2, 0.25) is 0 Å². The Labute approximate surface area is 117 Å². The van der Waals surface area contributed by atoms with Crippen molar-refractivity contribution < 1.29 is 19.7 Å². The molecule has 0 aromatic heterocycles. The number of esters is 1. The number of hydrogen-bond acceptors (Lipinski definition) is 5. The monoisotopic (exact) mass is 278 g/mol. The maximum absolute atomic E-state index is 11.9. The van der Waals surface area contributed by atoms with Crippen LogP contribution in [-0.4, -0.2) is 41.8 Å². The number of hydrogen-bond donors (Lipinski definition) is 3. The first kappa shape index (κ1) is 15.7. The third kappa shape index (κ3) is 4.10. The molecule has 0 saturated carbocycles. The Morgan fingerprint density at radius 3 is 2.55 bits per heavy atom. The van der Waals surface area contributed by atoms with E-state index in [1.54, 1.807) is 37.3 Å². The summed E-state index contributed by atoms with van der Waals surface area (Å²) in [5, 5.41) is 18.9. The minimum atomic E-state index is -0.756. The quantitative estimate of drug-likeness (QED) is 0.235. The van der Waals surface area contributed by atoms with E-state index in [1.807, 2.05) is 0 Å². The predicted molar refractivity (Wildman–Crippen MR) is 76.2 cm³/mol. The SMILES string of the molecule is CCOC(=O)/C(C(N)=NCCO)=C(\O)c1ccccc1. The van der Waals surface area contributed by atoms with E-state index in [-0.39, 0.29) is 36.9 Å². The van der Waals surface area contributed by atoms with E-state index in [4.69, 9.17) is 15.6 Å². The molecule has 0 saturated heterocycles. The lowest BCUT2D eigenvalue weighted by molar-refractivity contribution is -0.137. The second kappa shape index (κ2) is 7.96. The van der Waals surface area contributed by atoms with Crippen molar-refractivity contribution in [2.75, 3.05) is 19.8 Å². The summed E-state index contributed by atoms with van der Waals surface area (Å²) in [6, 6.07) is 8.48. The second-order valence-corrected chi connectivity index (χ2v) is 3.80. The number of benzene rings is 1. The summed E-state index contributed by atoms with van der Waals surface area (Å²) in [6.45, 7) is 1.63. The molecule has 0 bridgehead atoms. The minimum absolute atomic E-state index is 0.0385. The molecule has 0 spiro atoms. The highest BCUT2D eigenvalue weighted by Crippen LogP contribution is 2.17. The molecule has 6 nitrogen and oxygen atoms in total. The molecule has 108 valence electrons. The van der Waals surface area contributed by atoms with E-state index >= 15 is 0 Å². The summed E-state index contributed by atoms with van der Waals surface area (Å²) < 4.78 is 4.87. The van der Waals surface area contributed by atoms with Gasteiger partial charge in [-0.05, 0) is 6.92 Å². The Morgan fingerprint density at radius 2 is 2.00 bits per heavy atom. The Balaban J connectivity index is 3.25. The van der Waals surface area contributed by atoms with Crippen LogP contribution in [0.4, 0.5) is 0 Å². The Kier molecular flexibility index (Phi) is 6.25. The van der Waals surface area contributed by atoms with Crippen molar-refractivity contribution in [2.24, 2.45) is 10.7 Å². The Bertz CT molecular complexity index is 509. The van der Waals surface area contributed by atoms with E-state index in [1.165, 1.54) is 0 Å². The van der Waals surface area contributed by atoms with E-state index in [2.05, 4.69) is 4.99 Å². The molecule has 6 heteroatoms. The maximum Gasteiger partial charge on any atom is 0.345 e. The average Bonchev–Trinajstić information content (AvgIpc) is 2.46. The number of nitrogens with two attached hydrogens (primary N) is 1. The summed E-state index contributed by atoms with van der Waals surface area (Å²) >= 11 is 0. The first-order valence-corrected chi connectivity index (χ1v) is 6.18. The van der Waals surface area contributed by atoms with Gasteiger partial charge in [0.1, 0.15) is 17.2 Å². The van der Waals surface area contributed by atoms with Gasteiger partial charge in [-0.3, -0.25) is 4.99 Å². The van der Waals surface area contributed by atoms with E-state index < -0.39 is 5.97 Å². The first-order valence-electron chi connectivity index (χ1n) is 6.18. The zero-order valence-electron chi connectivity index (χ0n) is 11.2. The van der Waals surface area contributed by atoms with Crippen LogP contribution < -0.4 is 5.73 Å². The fourth-order valence-electron chi connectivity index (χ4n) is 1.52. The van der Waals surface area contributed by atoms with Crippen LogP contribution in [0.5, 0.6) is 0 Å². The van der Waals surface area contributed by atoms with Crippen LogP contribution in [0.2, 0.25) is 0 Å². The molecule has 0 heterocycles. The van der Waals surface area contributed by atoms with Crippen LogP contribution in [0.15, 0.2) is 40.9 Å². The molecular weight excluding hydrogens is 260 g/mol. The Morgan fingerprint density at radius 1 is 1.35 bits per heavy atom. The summed E-state index contributed by atoms with van der Waals surface area (Å²) in [5.41, 5.74) is 5.92. The van der Waals surface area contributed by atoms with Crippen molar-refractivity contribution in [2.45, 2.75) is 6.92 Å². The lowest BCUT2D eigenvalue weighted by atomic mass is 10.1. The summed E-state index contributed by atoms with van der Waals surface area (Å²) in [5.74, 6) is -1.23. The molecule has 0 aliphatic heterocycles. The second-order valence-electron chi connectivity index (χ2n) is 3.80. The van der Waals surface area contributed by atoms with Gasteiger partial charge in [-0.1, -0.05) is 30.3 Å². The van der Waals surface area contributed by atoms with Crippen LogP contribution in [0.25, 0.3) is 5.76 Å². The molecule has 0 unspecified atom stereocenters. The van der Waals surface area contributed by atoms with Crippen LogP contribution in [-0.2, 0) is 9.53 Å². The lowest BCUT2D eigenvalue weighted by Crippen LogP contribution is -2.25. The third-order valence-electron chi connectivity index (χ3n) is 2.40. The number of aliphatic hydroxyl groups is 2. The van der Waals surface area contributed by atoms with Gasteiger partial charge in [0.15, 0.2) is 0 Å². The molecule has 0 fully saturated rings. The molecule has 0 atom stereocenters.